The van der Waals surface area contributed by atoms with E-state index in [0.29, 0.717) is 11.3 Å². The molecule has 3 nitrogen and oxygen atoms in total. The number of nitriles is 1. The monoisotopic (exact) mass is 136 g/mol. The van der Waals surface area contributed by atoms with Crippen LogP contribution in [0, 0.1) is 11.3 Å². The van der Waals surface area contributed by atoms with Crippen LogP contribution >= 0.6 is 0 Å². The summed E-state index contributed by atoms with van der Waals surface area (Å²) in [5.74, 6) is 0.558. The van der Waals surface area contributed by atoms with Crippen molar-refractivity contribution in [2.45, 2.75) is 13.0 Å². The largest absolute Gasteiger partial charge is 0.466 e. The summed E-state index contributed by atoms with van der Waals surface area (Å²) in [7, 11) is 0. The lowest BCUT2D eigenvalue weighted by molar-refractivity contribution is 0.478. The van der Waals surface area contributed by atoms with Gasteiger partial charge in [0.15, 0.2) is 0 Å². The smallest absolute Gasteiger partial charge is 0.137 e. The average molecular weight is 136 g/mol. The summed E-state index contributed by atoms with van der Waals surface area (Å²) >= 11 is 0. The second-order valence-electron chi connectivity index (χ2n) is 2.10. The third kappa shape index (κ3) is 1.02. The highest BCUT2D eigenvalue weighted by Crippen LogP contribution is 2.15. The predicted octanol–water partition coefficient (Wildman–Crippen LogP) is 1.17. The van der Waals surface area contributed by atoms with E-state index in [1.165, 1.54) is 6.26 Å². The van der Waals surface area contributed by atoms with E-state index in [9.17, 15) is 0 Å². The summed E-state index contributed by atoms with van der Waals surface area (Å²) in [5.41, 5.74) is 6.01. The van der Waals surface area contributed by atoms with Gasteiger partial charge in [-0.25, -0.2) is 0 Å². The van der Waals surface area contributed by atoms with Crippen LogP contribution in [0.15, 0.2) is 16.7 Å². The molecule has 0 saturated carbocycles. The van der Waals surface area contributed by atoms with Gasteiger partial charge in [0.25, 0.3) is 0 Å². The topological polar surface area (TPSA) is 62.9 Å². The number of nitrogens with zero attached hydrogens (tertiary/aromatic N) is 1. The van der Waals surface area contributed by atoms with E-state index in [-0.39, 0.29) is 6.04 Å². The van der Waals surface area contributed by atoms with Crippen molar-refractivity contribution in [3.05, 3.63) is 23.7 Å². The summed E-state index contributed by atoms with van der Waals surface area (Å²) in [6.45, 7) is 1.78. The maximum Gasteiger partial charge on any atom is 0.137 e. The fourth-order valence-corrected chi connectivity index (χ4v) is 0.766. The van der Waals surface area contributed by atoms with Gasteiger partial charge in [-0.1, -0.05) is 0 Å². The van der Waals surface area contributed by atoms with E-state index in [1.54, 1.807) is 13.0 Å². The Bertz CT molecular complexity index is 257. The van der Waals surface area contributed by atoms with Crippen molar-refractivity contribution in [2.24, 2.45) is 5.73 Å². The maximum atomic E-state index is 8.49. The molecule has 0 aliphatic carbocycles. The second kappa shape index (κ2) is 2.54. The second-order valence-corrected chi connectivity index (χ2v) is 2.10. The van der Waals surface area contributed by atoms with Crippen LogP contribution in [0.3, 0.4) is 0 Å². The van der Waals surface area contributed by atoms with Crippen LogP contribution < -0.4 is 5.73 Å². The minimum Gasteiger partial charge on any atom is -0.466 e. The van der Waals surface area contributed by atoms with Gasteiger partial charge in [-0.05, 0) is 13.0 Å². The molecule has 0 aromatic carbocycles. The highest BCUT2D eigenvalue weighted by Gasteiger charge is 2.08. The van der Waals surface area contributed by atoms with Crippen LogP contribution in [0.5, 0.6) is 0 Å². The summed E-state index contributed by atoms with van der Waals surface area (Å²) in [6.07, 6.45) is 1.47. The zero-order valence-electron chi connectivity index (χ0n) is 5.66. The van der Waals surface area contributed by atoms with Crippen molar-refractivity contribution in [3.8, 4) is 6.07 Å². The van der Waals surface area contributed by atoms with E-state index < -0.39 is 0 Å². The van der Waals surface area contributed by atoms with Crippen LogP contribution in [0.4, 0.5) is 0 Å². The van der Waals surface area contributed by atoms with Gasteiger partial charge >= 0.3 is 0 Å². The zero-order chi connectivity index (χ0) is 7.56. The molecule has 1 atom stereocenters. The predicted molar refractivity (Wildman–Crippen MR) is 36.0 cm³/mol. The lowest BCUT2D eigenvalue weighted by Gasteiger charge is -1.98. The van der Waals surface area contributed by atoms with E-state index in [0.717, 1.165) is 0 Å². The Morgan fingerprint density at radius 1 is 1.80 bits per heavy atom. The fraction of sp³-hybridized carbons (Fsp3) is 0.286. The number of hydrogen-bond acceptors (Lipinski definition) is 3. The van der Waals surface area contributed by atoms with Crippen molar-refractivity contribution < 1.29 is 4.42 Å². The van der Waals surface area contributed by atoms with Gasteiger partial charge in [-0.15, -0.1) is 0 Å². The third-order valence-electron chi connectivity index (χ3n) is 1.23. The van der Waals surface area contributed by atoms with E-state index in [4.69, 9.17) is 15.4 Å². The molecule has 0 saturated heterocycles. The number of rotatable bonds is 1. The summed E-state index contributed by atoms with van der Waals surface area (Å²) < 4.78 is 4.97. The number of furan rings is 1. The average Bonchev–Trinajstić information content (AvgIpc) is 2.33. The number of hydrogen-bond donors (Lipinski definition) is 1. The Hall–Kier alpha value is -1.27. The van der Waals surface area contributed by atoms with E-state index in [2.05, 4.69) is 0 Å². The van der Waals surface area contributed by atoms with Crippen LogP contribution in [0.25, 0.3) is 0 Å². The number of nitrogens with two attached hydrogens (primary N) is 1. The third-order valence-corrected chi connectivity index (χ3v) is 1.23. The van der Waals surface area contributed by atoms with Crippen LogP contribution in [-0.2, 0) is 0 Å². The van der Waals surface area contributed by atoms with Crippen molar-refractivity contribution >= 4 is 0 Å². The lowest BCUT2D eigenvalue weighted by atomic mass is 10.2. The Labute approximate surface area is 59.1 Å². The van der Waals surface area contributed by atoms with Crippen molar-refractivity contribution in [1.29, 1.82) is 5.26 Å². The molecular weight excluding hydrogens is 128 g/mol. The molecule has 0 unspecified atom stereocenters. The first-order chi connectivity index (χ1) is 4.75. The first-order valence-corrected chi connectivity index (χ1v) is 2.98. The highest BCUT2D eigenvalue weighted by molar-refractivity contribution is 5.32. The standard InChI is InChI=1S/C7H8N2O/c1-5(9)7-6(4-8)2-3-10-7/h2-3,5H,9H2,1H3/t5-/m0/s1. The zero-order valence-corrected chi connectivity index (χ0v) is 5.66. The highest BCUT2D eigenvalue weighted by atomic mass is 16.3. The van der Waals surface area contributed by atoms with Gasteiger partial charge in [0.05, 0.1) is 17.9 Å². The molecule has 0 aliphatic heterocycles. The Kier molecular flexibility index (Phi) is 1.74. The van der Waals surface area contributed by atoms with Gasteiger partial charge in [0, 0.05) is 0 Å². The summed E-state index contributed by atoms with van der Waals surface area (Å²) in [4.78, 5) is 0. The minimum atomic E-state index is -0.204. The molecule has 1 aromatic rings. The van der Waals surface area contributed by atoms with Gasteiger partial charge in [0.1, 0.15) is 11.8 Å². The molecule has 0 fully saturated rings. The normalized spacial score (nSPS) is 12.5. The molecule has 1 aromatic heterocycles. The van der Waals surface area contributed by atoms with E-state index in [1.807, 2.05) is 6.07 Å². The minimum absolute atomic E-state index is 0.204. The summed E-state index contributed by atoms with van der Waals surface area (Å²) in [6, 6.07) is 3.39. The molecule has 0 spiro atoms. The van der Waals surface area contributed by atoms with Crippen molar-refractivity contribution in [3.63, 3.8) is 0 Å². The molecule has 10 heavy (non-hydrogen) atoms. The molecule has 1 rings (SSSR count). The van der Waals surface area contributed by atoms with Crippen molar-refractivity contribution in [2.75, 3.05) is 0 Å². The SMILES string of the molecule is C[C@H](N)c1occc1C#N. The fourth-order valence-electron chi connectivity index (χ4n) is 0.766. The van der Waals surface area contributed by atoms with Gasteiger partial charge in [-0.3, -0.25) is 0 Å². The Morgan fingerprint density at radius 2 is 2.50 bits per heavy atom. The molecule has 0 bridgehead atoms. The van der Waals surface area contributed by atoms with Gasteiger partial charge in [-0.2, -0.15) is 5.26 Å². The first-order valence-electron chi connectivity index (χ1n) is 2.98. The first kappa shape index (κ1) is 6.84. The molecule has 52 valence electrons. The van der Waals surface area contributed by atoms with E-state index >= 15 is 0 Å². The van der Waals surface area contributed by atoms with Gasteiger partial charge in [0.2, 0.25) is 0 Å². The molecule has 0 amide bonds. The maximum absolute atomic E-state index is 8.49. The molecule has 0 aliphatic rings. The Balaban J connectivity index is 3.05. The van der Waals surface area contributed by atoms with Gasteiger partial charge < -0.3 is 10.2 Å². The van der Waals surface area contributed by atoms with Crippen molar-refractivity contribution in [1.82, 2.24) is 0 Å². The quantitative estimate of drug-likeness (QED) is 0.630. The molecule has 1 heterocycles. The summed E-state index contributed by atoms with van der Waals surface area (Å²) in [5, 5.41) is 8.49. The molecule has 2 N–H and O–H groups in total. The van der Waals surface area contributed by atoms with Crippen LogP contribution in [0.1, 0.15) is 24.3 Å². The molecule has 0 radical (unpaired) electrons. The molecule has 3 heteroatoms. The van der Waals surface area contributed by atoms with Crippen LogP contribution in [0.2, 0.25) is 0 Å². The van der Waals surface area contributed by atoms with Crippen LogP contribution in [-0.4, -0.2) is 0 Å². The Morgan fingerprint density at radius 3 is 2.90 bits per heavy atom. The molecular formula is C7H8N2O. The lowest BCUT2D eigenvalue weighted by Crippen LogP contribution is -2.04.